The van der Waals surface area contributed by atoms with Gasteiger partial charge in [0.2, 0.25) is 10.0 Å². The molecule has 1 aromatic rings. The van der Waals surface area contributed by atoms with Crippen LogP contribution in [0.15, 0.2) is 34.2 Å². The van der Waals surface area contributed by atoms with Gasteiger partial charge in [0.15, 0.2) is 5.96 Å². The van der Waals surface area contributed by atoms with Crippen LogP contribution >= 0.6 is 11.6 Å². The standard InChI is InChI=1S/C15H23ClN4O3S/c1-17-15(19-11-13-5-3-9-23-13)18-7-8-20-24(21,22)14-6-2-4-12(16)10-14/h2,4,6,10,13,20H,3,5,7-9,11H2,1H3,(H2,17,18,19). The summed E-state index contributed by atoms with van der Waals surface area (Å²) in [5, 5.41) is 6.61. The third-order valence-electron chi connectivity index (χ3n) is 3.56. The Morgan fingerprint density at radius 2 is 2.21 bits per heavy atom. The lowest BCUT2D eigenvalue weighted by Gasteiger charge is -2.15. The zero-order chi connectivity index (χ0) is 17.4. The first-order valence-electron chi connectivity index (χ1n) is 7.82. The van der Waals surface area contributed by atoms with E-state index >= 15 is 0 Å². The lowest BCUT2D eigenvalue weighted by atomic mass is 10.2. The highest BCUT2D eigenvalue weighted by Gasteiger charge is 2.16. The lowest BCUT2D eigenvalue weighted by Crippen LogP contribution is -2.43. The van der Waals surface area contributed by atoms with Gasteiger partial charge in [-0.1, -0.05) is 17.7 Å². The van der Waals surface area contributed by atoms with E-state index in [0.717, 1.165) is 19.4 Å². The molecule has 1 aliphatic rings. The van der Waals surface area contributed by atoms with E-state index in [1.807, 2.05) is 0 Å². The maximum Gasteiger partial charge on any atom is 0.240 e. The molecule has 24 heavy (non-hydrogen) atoms. The Kier molecular flexibility index (Phi) is 7.29. The number of guanidine groups is 1. The Hall–Kier alpha value is -1.35. The lowest BCUT2D eigenvalue weighted by molar-refractivity contribution is 0.114. The predicted octanol–water partition coefficient (Wildman–Crippen LogP) is 0.962. The number of benzene rings is 1. The number of halogens is 1. The van der Waals surface area contributed by atoms with Crippen molar-refractivity contribution in [2.45, 2.75) is 23.8 Å². The van der Waals surface area contributed by atoms with Gasteiger partial charge in [0.1, 0.15) is 0 Å². The number of sulfonamides is 1. The monoisotopic (exact) mass is 374 g/mol. The quantitative estimate of drug-likeness (QED) is 0.375. The van der Waals surface area contributed by atoms with Crippen LogP contribution < -0.4 is 15.4 Å². The molecule has 1 unspecified atom stereocenters. The summed E-state index contributed by atoms with van der Waals surface area (Å²) < 4.78 is 32.3. The van der Waals surface area contributed by atoms with Gasteiger partial charge in [-0.15, -0.1) is 0 Å². The first-order valence-corrected chi connectivity index (χ1v) is 9.69. The van der Waals surface area contributed by atoms with Crippen LogP contribution in [0.3, 0.4) is 0 Å². The third-order valence-corrected chi connectivity index (χ3v) is 5.25. The molecular weight excluding hydrogens is 352 g/mol. The van der Waals surface area contributed by atoms with Crippen molar-refractivity contribution in [3.8, 4) is 0 Å². The molecule has 0 spiro atoms. The largest absolute Gasteiger partial charge is 0.376 e. The number of rotatable bonds is 7. The molecule has 0 aromatic heterocycles. The van der Waals surface area contributed by atoms with Crippen molar-refractivity contribution >= 4 is 27.6 Å². The van der Waals surface area contributed by atoms with Crippen molar-refractivity contribution in [1.29, 1.82) is 0 Å². The van der Waals surface area contributed by atoms with Crippen molar-refractivity contribution in [3.05, 3.63) is 29.3 Å². The van der Waals surface area contributed by atoms with Crippen molar-refractivity contribution in [2.24, 2.45) is 4.99 Å². The normalized spacial score (nSPS) is 18.6. The second-order valence-electron chi connectivity index (χ2n) is 5.37. The summed E-state index contributed by atoms with van der Waals surface area (Å²) in [6.45, 7) is 2.14. The highest BCUT2D eigenvalue weighted by Crippen LogP contribution is 2.14. The average Bonchev–Trinajstić information content (AvgIpc) is 3.07. The van der Waals surface area contributed by atoms with E-state index in [1.165, 1.54) is 12.1 Å². The summed E-state index contributed by atoms with van der Waals surface area (Å²) >= 11 is 5.82. The molecule has 0 amide bonds. The van der Waals surface area contributed by atoms with Gasteiger partial charge in [-0.3, -0.25) is 4.99 Å². The Balaban J connectivity index is 1.72. The second kappa shape index (κ2) is 9.22. The SMILES string of the molecule is CN=C(NCCNS(=O)(=O)c1cccc(Cl)c1)NCC1CCCO1. The third kappa shape index (κ3) is 5.94. The van der Waals surface area contributed by atoms with Crippen molar-refractivity contribution < 1.29 is 13.2 Å². The van der Waals surface area contributed by atoms with Gasteiger partial charge in [0, 0.05) is 38.3 Å². The molecule has 1 saturated heterocycles. The number of aliphatic imine (C=N–C) groups is 1. The maximum absolute atomic E-state index is 12.1. The van der Waals surface area contributed by atoms with E-state index in [2.05, 4.69) is 20.3 Å². The molecule has 0 aliphatic carbocycles. The molecule has 0 saturated carbocycles. The Morgan fingerprint density at radius 1 is 1.38 bits per heavy atom. The highest BCUT2D eigenvalue weighted by molar-refractivity contribution is 7.89. The highest BCUT2D eigenvalue weighted by atomic mass is 35.5. The van der Waals surface area contributed by atoms with E-state index in [-0.39, 0.29) is 17.5 Å². The van der Waals surface area contributed by atoms with E-state index < -0.39 is 10.0 Å². The summed E-state index contributed by atoms with van der Waals surface area (Å²) in [5.41, 5.74) is 0. The van der Waals surface area contributed by atoms with E-state index in [4.69, 9.17) is 16.3 Å². The first kappa shape index (κ1) is 19.0. The molecular formula is C15H23ClN4O3S. The second-order valence-corrected chi connectivity index (χ2v) is 7.57. The van der Waals surface area contributed by atoms with Crippen LogP contribution in [0.4, 0.5) is 0 Å². The zero-order valence-electron chi connectivity index (χ0n) is 13.6. The fraction of sp³-hybridized carbons (Fsp3) is 0.533. The molecule has 2 rings (SSSR count). The molecule has 1 fully saturated rings. The molecule has 1 heterocycles. The zero-order valence-corrected chi connectivity index (χ0v) is 15.2. The molecule has 0 radical (unpaired) electrons. The molecule has 134 valence electrons. The van der Waals surface area contributed by atoms with Crippen LogP contribution in [0.2, 0.25) is 5.02 Å². The van der Waals surface area contributed by atoms with Gasteiger partial charge < -0.3 is 15.4 Å². The van der Waals surface area contributed by atoms with Crippen LogP contribution in [0.1, 0.15) is 12.8 Å². The minimum atomic E-state index is -3.57. The molecule has 0 bridgehead atoms. The van der Waals surface area contributed by atoms with Crippen LogP contribution in [0.5, 0.6) is 0 Å². The number of nitrogens with one attached hydrogen (secondary N) is 3. The van der Waals surface area contributed by atoms with Crippen LogP contribution in [-0.4, -0.2) is 53.8 Å². The molecule has 9 heteroatoms. The first-order chi connectivity index (χ1) is 11.5. The Labute approximate surface area is 147 Å². The summed E-state index contributed by atoms with van der Waals surface area (Å²) in [4.78, 5) is 4.25. The average molecular weight is 375 g/mol. The van der Waals surface area contributed by atoms with Gasteiger partial charge in [0.05, 0.1) is 11.0 Å². The minimum absolute atomic E-state index is 0.149. The van der Waals surface area contributed by atoms with Gasteiger partial charge in [-0.2, -0.15) is 0 Å². The molecule has 1 atom stereocenters. The minimum Gasteiger partial charge on any atom is -0.376 e. The smallest absolute Gasteiger partial charge is 0.240 e. The fourth-order valence-corrected chi connectivity index (χ4v) is 3.65. The molecule has 1 aromatic carbocycles. The number of hydrogen-bond acceptors (Lipinski definition) is 4. The Morgan fingerprint density at radius 3 is 2.88 bits per heavy atom. The number of hydrogen-bond donors (Lipinski definition) is 3. The summed E-state index contributed by atoms with van der Waals surface area (Å²) in [6.07, 6.45) is 2.34. The molecule has 1 aliphatic heterocycles. The van der Waals surface area contributed by atoms with Crippen LogP contribution in [0, 0.1) is 0 Å². The topological polar surface area (TPSA) is 91.8 Å². The van der Waals surface area contributed by atoms with Gasteiger partial charge in [-0.05, 0) is 31.0 Å². The van der Waals surface area contributed by atoms with Gasteiger partial charge >= 0.3 is 0 Å². The van der Waals surface area contributed by atoms with Gasteiger partial charge in [0.25, 0.3) is 0 Å². The summed E-state index contributed by atoms with van der Waals surface area (Å²) in [6, 6.07) is 6.15. The van der Waals surface area contributed by atoms with E-state index in [0.29, 0.717) is 24.1 Å². The molecule has 3 N–H and O–H groups in total. The van der Waals surface area contributed by atoms with Crippen LogP contribution in [-0.2, 0) is 14.8 Å². The van der Waals surface area contributed by atoms with E-state index in [1.54, 1.807) is 19.2 Å². The predicted molar refractivity (Wildman–Crippen MR) is 95.0 cm³/mol. The maximum atomic E-state index is 12.1. The fourth-order valence-electron chi connectivity index (χ4n) is 2.32. The number of ether oxygens (including phenoxy) is 1. The summed E-state index contributed by atoms with van der Waals surface area (Å²) in [7, 11) is -1.90. The molecule has 7 nitrogen and oxygen atoms in total. The van der Waals surface area contributed by atoms with Crippen molar-refractivity contribution in [3.63, 3.8) is 0 Å². The Bertz CT molecular complexity index is 660. The number of nitrogens with zero attached hydrogens (tertiary/aromatic N) is 1. The van der Waals surface area contributed by atoms with Crippen LogP contribution in [0.25, 0.3) is 0 Å². The van der Waals surface area contributed by atoms with E-state index in [9.17, 15) is 8.42 Å². The summed E-state index contributed by atoms with van der Waals surface area (Å²) in [5.74, 6) is 0.618. The van der Waals surface area contributed by atoms with Gasteiger partial charge in [-0.25, -0.2) is 13.1 Å². The van der Waals surface area contributed by atoms with Crippen molar-refractivity contribution in [1.82, 2.24) is 15.4 Å². The van der Waals surface area contributed by atoms with Crippen molar-refractivity contribution in [2.75, 3.05) is 33.3 Å².